The molecule has 1 aromatic carbocycles. The monoisotopic (exact) mass is 209 g/mol. The number of amides is 2. The van der Waals surface area contributed by atoms with Gasteiger partial charge in [-0.3, -0.25) is 14.5 Å². The maximum atomic E-state index is 12.9. The molecule has 0 radical (unpaired) electrons. The van der Waals surface area contributed by atoms with Crippen LogP contribution in [0.1, 0.15) is 20.3 Å². The van der Waals surface area contributed by atoms with Crippen LogP contribution in [0.5, 0.6) is 0 Å². The van der Waals surface area contributed by atoms with Crippen molar-refractivity contribution in [3.8, 4) is 0 Å². The van der Waals surface area contributed by atoms with E-state index in [4.69, 9.17) is 0 Å². The third kappa shape index (κ3) is 2.62. The summed E-state index contributed by atoms with van der Waals surface area (Å²) >= 11 is 0. The van der Waals surface area contributed by atoms with Gasteiger partial charge >= 0.3 is 0 Å². The zero-order valence-electron chi connectivity index (χ0n) is 8.66. The molecule has 0 saturated heterocycles. The highest BCUT2D eigenvalue weighted by Gasteiger charge is 2.18. The van der Waals surface area contributed by atoms with E-state index in [0.29, 0.717) is 0 Å². The number of imide groups is 1. The van der Waals surface area contributed by atoms with Gasteiger partial charge in [-0.25, -0.2) is 4.39 Å². The van der Waals surface area contributed by atoms with Gasteiger partial charge in [0.2, 0.25) is 11.8 Å². The van der Waals surface area contributed by atoms with Crippen LogP contribution in [0.25, 0.3) is 0 Å². The molecule has 0 spiro atoms. The molecule has 0 aliphatic heterocycles. The van der Waals surface area contributed by atoms with E-state index in [0.717, 1.165) is 11.0 Å². The van der Waals surface area contributed by atoms with Crippen molar-refractivity contribution >= 4 is 17.5 Å². The van der Waals surface area contributed by atoms with Gasteiger partial charge in [-0.2, -0.15) is 0 Å². The van der Waals surface area contributed by atoms with Crippen molar-refractivity contribution in [1.82, 2.24) is 0 Å². The zero-order valence-corrected chi connectivity index (χ0v) is 8.66. The fourth-order valence-electron chi connectivity index (χ4n) is 1.27. The fraction of sp³-hybridized carbons (Fsp3) is 0.273. The van der Waals surface area contributed by atoms with E-state index in [1.54, 1.807) is 6.92 Å². The maximum Gasteiger partial charge on any atom is 0.233 e. The molecular formula is C11H12FNO2. The van der Waals surface area contributed by atoms with Gasteiger partial charge in [0.15, 0.2) is 0 Å². The molecular weight excluding hydrogens is 197 g/mol. The smallest absolute Gasteiger partial charge is 0.233 e. The number of benzene rings is 1. The molecule has 3 nitrogen and oxygen atoms in total. The minimum absolute atomic E-state index is 0.204. The summed E-state index contributed by atoms with van der Waals surface area (Å²) in [6.07, 6.45) is 0.204. The molecule has 1 rings (SSSR count). The van der Waals surface area contributed by atoms with E-state index in [1.807, 2.05) is 0 Å². The molecule has 0 heterocycles. The molecule has 15 heavy (non-hydrogen) atoms. The zero-order chi connectivity index (χ0) is 11.4. The Hall–Kier alpha value is -1.71. The largest absolute Gasteiger partial charge is 0.274 e. The van der Waals surface area contributed by atoms with Crippen LogP contribution in [-0.2, 0) is 9.59 Å². The minimum Gasteiger partial charge on any atom is -0.274 e. The number of anilines is 1. The van der Waals surface area contributed by atoms with E-state index in [2.05, 4.69) is 0 Å². The lowest BCUT2D eigenvalue weighted by Crippen LogP contribution is -2.34. The van der Waals surface area contributed by atoms with Gasteiger partial charge in [-0.15, -0.1) is 0 Å². The molecule has 0 N–H and O–H groups in total. The molecule has 0 unspecified atom stereocenters. The second-order valence-electron chi connectivity index (χ2n) is 3.08. The third-order valence-electron chi connectivity index (χ3n) is 1.93. The predicted molar refractivity (Wildman–Crippen MR) is 54.9 cm³/mol. The minimum atomic E-state index is -0.470. The lowest BCUT2D eigenvalue weighted by Gasteiger charge is -2.18. The standard InChI is InChI=1S/C11H12FNO2/c1-3-11(15)13(8(2)14)10-6-4-5-9(12)7-10/h4-7H,3H2,1-2H3. The number of hydrogen-bond acceptors (Lipinski definition) is 2. The summed E-state index contributed by atoms with van der Waals surface area (Å²) in [5, 5.41) is 0. The number of carbonyl (C=O) groups is 2. The van der Waals surface area contributed by atoms with Crippen molar-refractivity contribution in [1.29, 1.82) is 0 Å². The molecule has 0 aliphatic rings. The molecule has 0 aromatic heterocycles. The van der Waals surface area contributed by atoms with E-state index in [-0.39, 0.29) is 18.0 Å². The molecule has 4 heteroatoms. The Kier molecular flexibility index (Phi) is 3.55. The highest BCUT2D eigenvalue weighted by Crippen LogP contribution is 2.16. The highest BCUT2D eigenvalue weighted by atomic mass is 19.1. The summed E-state index contributed by atoms with van der Waals surface area (Å²) in [4.78, 5) is 23.7. The van der Waals surface area contributed by atoms with Crippen LogP contribution in [0.15, 0.2) is 24.3 Å². The molecule has 0 atom stereocenters. The molecule has 80 valence electrons. The van der Waals surface area contributed by atoms with Gasteiger partial charge < -0.3 is 0 Å². The van der Waals surface area contributed by atoms with Crippen LogP contribution in [-0.4, -0.2) is 11.8 Å². The van der Waals surface area contributed by atoms with Gasteiger partial charge in [0.25, 0.3) is 0 Å². The first kappa shape index (κ1) is 11.4. The summed E-state index contributed by atoms with van der Waals surface area (Å²) in [5.74, 6) is -1.22. The summed E-state index contributed by atoms with van der Waals surface area (Å²) in [5.41, 5.74) is 0.273. The van der Waals surface area contributed by atoms with Crippen molar-refractivity contribution < 1.29 is 14.0 Å². The quantitative estimate of drug-likeness (QED) is 0.748. The Morgan fingerprint density at radius 3 is 2.53 bits per heavy atom. The first-order valence-electron chi connectivity index (χ1n) is 4.65. The van der Waals surface area contributed by atoms with Gasteiger partial charge in [-0.1, -0.05) is 13.0 Å². The van der Waals surface area contributed by atoms with Crippen LogP contribution in [0, 0.1) is 5.82 Å². The topological polar surface area (TPSA) is 37.4 Å². The van der Waals surface area contributed by atoms with Crippen molar-refractivity contribution in [3.63, 3.8) is 0 Å². The van der Waals surface area contributed by atoms with Crippen LogP contribution in [0.4, 0.5) is 10.1 Å². The Morgan fingerprint density at radius 2 is 2.07 bits per heavy atom. The Labute approximate surface area is 87.5 Å². The van der Waals surface area contributed by atoms with Crippen LogP contribution in [0.2, 0.25) is 0 Å². The van der Waals surface area contributed by atoms with Gasteiger partial charge in [-0.05, 0) is 18.2 Å². The SMILES string of the molecule is CCC(=O)N(C(C)=O)c1cccc(F)c1. The highest BCUT2D eigenvalue weighted by molar-refractivity contribution is 6.13. The Balaban J connectivity index is 3.10. The summed E-state index contributed by atoms with van der Waals surface area (Å²) in [6.45, 7) is 2.93. The molecule has 0 bridgehead atoms. The predicted octanol–water partition coefficient (Wildman–Crippen LogP) is 2.12. The normalized spacial score (nSPS) is 9.80. The van der Waals surface area contributed by atoms with Gasteiger partial charge in [0, 0.05) is 13.3 Å². The maximum absolute atomic E-state index is 12.9. The number of carbonyl (C=O) groups excluding carboxylic acids is 2. The van der Waals surface area contributed by atoms with E-state index < -0.39 is 11.7 Å². The van der Waals surface area contributed by atoms with Crippen molar-refractivity contribution in [2.45, 2.75) is 20.3 Å². The van der Waals surface area contributed by atoms with Crippen molar-refractivity contribution in [3.05, 3.63) is 30.1 Å². The number of nitrogens with zero attached hydrogens (tertiary/aromatic N) is 1. The number of halogens is 1. The van der Waals surface area contributed by atoms with Crippen molar-refractivity contribution in [2.24, 2.45) is 0 Å². The molecule has 1 aromatic rings. The molecule has 2 amide bonds. The van der Waals surface area contributed by atoms with Crippen LogP contribution >= 0.6 is 0 Å². The molecule has 0 saturated carbocycles. The third-order valence-corrected chi connectivity index (χ3v) is 1.93. The first-order valence-corrected chi connectivity index (χ1v) is 4.65. The van der Waals surface area contributed by atoms with E-state index in [9.17, 15) is 14.0 Å². The molecule has 0 aliphatic carbocycles. The molecule has 0 fully saturated rings. The fourth-order valence-corrected chi connectivity index (χ4v) is 1.27. The summed E-state index contributed by atoms with van der Waals surface area (Å²) < 4.78 is 12.9. The van der Waals surface area contributed by atoms with E-state index >= 15 is 0 Å². The van der Waals surface area contributed by atoms with E-state index in [1.165, 1.54) is 25.1 Å². The van der Waals surface area contributed by atoms with Crippen LogP contribution < -0.4 is 4.90 Å². The second-order valence-corrected chi connectivity index (χ2v) is 3.08. The average molecular weight is 209 g/mol. The number of rotatable bonds is 2. The lowest BCUT2D eigenvalue weighted by molar-refractivity contribution is -0.125. The van der Waals surface area contributed by atoms with Crippen LogP contribution in [0.3, 0.4) is 0 Å². The Morgan fingerprint density at radius 1 is 1.40 bits per heavy atom. The average Bonchev–Trinajstić information content (AvgIpc) is 2.17. The van der Waals surface area contributed by atoms with Crippen molar-refractivity contribution in [2.75, 3.05) is 4.90 Å². The summed E-state index contributed by atoms with van der Waals surface area (Å²) in [7, 11) is 0. The lowest BCUT2D eigenvalue weighted by atomic mass is 10.2. The first-order chi connectivity index (χ1) is 7.06. The second kappa shape index (κ2) is 4.68. The Bertz CT molecular complexity index is 390. The summed E-state index contributed by atoms with van der Waals surface area (Å²) in [6, 6.07) is 5.41. The van der Waals surface area contributed by atoms with Gasteiger partial charge in [0.05, 0.1) is 5.69 Å². The van der Waals surface area contributed by atoms with Gasteiger partial charge in [0.1, 0.15) is 5.82 Å². The number of hydrogen-bond donors (Lipinski definition) is 0.